The predicted octanol–water partition coefficient (Wildman–Crippen LogP) is 2.81. The number of nitrogens with zero attached hydrogens (tertiary/aromatic N) is 3. The van der Waals surface area contributed by atoms with Gasteiger partial charge in [0.25, 0.3) is 0 Å². The Hall–Kier alpha value is -2.61. The first-order chi connectivity index (χ1) is 12.7. The fourth-order valence-electron chi connectivity index (χ4n) is 3.20. The van der Waals surface area contributed by atoms with Crippen LogP contribution in [0.2, 0.25) is 0 Å². The van der Waals surface area contributed by atoms with Crippen molar-refractivity contribution in [3.8, 4) is 11.4 Å². The van der Waals surface area contributed by atoms with Gasteiger partial charge in [0.05, 0.1) is 27.7 Å². The van der Waals surface area contributed by atoms with E-state index < -0.39 is 0 Å². The zero-order valence-corrected chi connectivity index (χ0v) is 15.2. The highest BCUT2D eigenvalue weighted by Crippen LogP contribution is 2.35. The highest BCUT2D eigenvalue weighted by molar-refractivity contribution is 7.17. The summed E-state index contributed by atoms with van der Waals surface area (Å²) < 4.78 is 1.05. The number of benzene rings is 1. The van der Waals surface area contributed by atoms with Crippen molar-refractivity contribution in [3.63, 3.8) is 0 Å². The summed E-state index contributed by atoms with van der Waals surface area (Å²) in [6, 6.07) is 11.9. The van der Waals surface area contributed by atoms with Crippen LogP contribution in [0, 0.1) is 6.92 Å². The maximum atomic E-state index is 6.44. The van der Waals surface area contributed by atoms with Crippen LogP contribution in [0.25, 0.3) is 21.6 Å². The summed E-state index contributed by atoms with van der Waals surface area (Å²) in [6.45, 7) is 2.33. The van der Waals surface area contributed by atoms with E-state index >= 15 is 0 Å². The molecule has 26 heavy (non-hydrogen) atoms. The summed E-state index contributed by atoms with van der Waals surface area (Å²) in [5.74, 6) is 0.554. The third-order valence-electron chi connectivity index (χ3n) is 4.55. The van der Waals surface area contributed by atoms with E-state index in [1.165, 1.54) is 0 Å². The normalized spacial score (nSPS) is 13.8. The van der Waals surface area contributed by atoms with E-state index in [4.69, 9.17) is 21.4 Å². The second kappa shape index (κ2) is 6.95. The molecule has 4 aromatic rings. The molecule has 5 N–H and O–H groups in total. The zero-order valence-electron chi connectivity index (χ0n) is 14.4. The van der Waals surface area contributed by atoms with Gasteiger partial charge in [-0.15, -0.1) is 11.3 Å². The maximum Gasteiger partial charge on any atom is 0.163 e. The van der Waals surface area contributed by atoms with Gasteiger partial charge in [0.15, 0.2) is 5.82 Å². The molecule has 0 saturated carbocycles. The molecular formula is C19H20N6S. The lowest BCUT2D eigenvalue weighted by Gasteiger charge is -2.23. The van der Waals surface area contributed by atoms with Crippen LogP contribution in [0.5, 0.6) is 0 Å². The number of fused-ring (bicyclic) bond motifs is 1. The van der Waals surface area contributed by atoms with Crippen molar-refractivity contribution < 1.29 is 0 Å². The Kier molecular flexibility index (Phi) is 4.50. The molecule has 0 bridgehead atoms. The van der Waals surface area contributed by atoms with E-state index in [1.807, 2.05) is 36.6 Å². The van der Waals surface area contributed by atoms with E-state index in [0.717, 1.165) is 32.7 Å². The molecular weight excluding hydrogens is 344 g/mol. The molecule has 0 saturated heterocycles. The number of H-pyrrole nitrogens is 1. The summed E-state index contributed by atoms with van der Waals surface area (Å²) in [5.41, 5.74) is 17.2. The summed E-state index contributed by atoms with van der Waals surface area (Å²) in [5, 5.41) is 9.09. The van der Waals surface area contributed by atoms with Crippen LogP contribution >= 0.6 is 11.3 Å². The SMILES string of the molecule is Cc1[nH]ncc1-c1nc([C@@H](c2ccccc2)C(N)CN)c2sccc2n1. The average molecular weight is 364 g/mol. The number of thiophene rings is 1. The zero-order chi connectivity index (χ0) is 18.1. The van der Waals surface area contributed by atoms with Gasteiger partial charge in [-0.2, -0.15) is 5.10 Å². The monoisotopic (exact) mass is 364 g/mol. The minimum atomic E-state index is -0.240. The van der Waals surface area contributed by atoms with Crippen LogP contribution in [-0.2, 0) is 0 Å². The fourth-order valence-corrected chi connectivity index (χ4v) is 4.06. The molecule has 132 valence electrons. The van der Waals surface area contributed by atoms with Crippen molar-refractivity contribution in [1.29, 1.82) is 0 Å². The minimum Gasteiger partial charge on any atom is -0.329 e. The Labute approximate surface area is 155 Å². The van der Waals surface area contributed by atoms with E-state index in [9.17, 15) is 0 Å². The van der Waals surface area contributed by atoms with Gasteiger partial charge in [-0.05, 0) is 23.9 Å². The summed E-state index contributed by atoms with van der Waals surface area (Å²) in [6.07, 6.45) is 1.76. The summed E-state index contributed by atoms with van der Waals surface area (Å²) >= 11 is 1.63. The first-order valence-electron chi connectivity index (χ1n) is 8.45. The molecule has 2 atom stereocenters. The summed E-state index contributed by atoms with van der Waals surface area (Å²) in [4.78, 5) is 9.65. The van der Waals surface area contributed by atoms with Crippen LogP contribution in [-0.4, -0.2) is 32.8 Å². The number of hydrogen-bond acceptors (Lipinski definition) is 6. The lowest BCUT2D eigenvalue weighted by molar-refractivity contribution is 0.595. The summed E-state index contributed by atoms with van der Waals surface area (Å²) in [7, 11) is 0. The number of aromatic amines is 1. The number of aromatic nitrogens is 4. The Morgan fingerprint density at radius 1 is 1.15 bits per heavy atom. The third-order valence-corrected chi connectivity index (χ3v) is 5.48. The van der Waals surface area contributed by atoms with Crippen molar-refractivity contribution in [3.05, 3.63) is 64.9 Å². The molecule has 0 amide bonds. The molecule has 0 spiro atoms. The quantitative estimate of drug-likeness (QED) is 0.505. The second-order valence-corrected chi connectivity index (χ2v) is 7.18. The molecule has 1 unspecified atom stereocenters. The van der Waals surface area contributed by atoms with E-state index in [0.29, 0.717) is 12.4 Å². The van der Waals surface area contributed by atoms with Gasteiger partial charge in [0.1, 0.15) is 0 Å². The van der Waals surface area contributed by atoms with Gasteiger partial charge in [-0.1, -0.05) is 30.3 Å². The molecule has 0 aliphatic heterocycles. The molecule has 0 radical (unpaired) electrons. The largest absolute Gasteiger partial charge is 0.329 e. The van der Waals surface area contributed by atoms with E-state index in [-0.39, 0.29) is 12.0 Å². The van der Waals surface area contributed by atoms with Crippen molar-refractivity contribution in [1.82, 2.24) is 20.2 Å². The average Bonchev–Trinajstić information content (AvgIpc) is 3.31. The molecule has 3 aromatic heterocycles. The molecule has 7 heteroatoms. The van der Waals surface area contributed by atoms with Crippen molar-refractivity contribution >= 4 is 21.6 Å². The first kappa shape index (κ1) is 16.8. The lowest BCUT2D eigenvalue weighted by atomic mass is 9.88. The van der Waals surface area contributed by atoms with Crippen molar-refractivity contribution in [2.75, 3.05) is 6.54 Å². The van der Waals surface area contributed by atoms with Gasteiger partial charge >= 0.3 is 0 Å². The van der Waals surface area contributed by atoms with Crippen LogP contribution in [0.4, 0.5) is 0 Å². The smallest absolute Gasteiger partial charge is 0.163 e. The fraction of sp³-hybridized carbons (Fsp3) is 0.211. The molecule has 6 nitrogen and oxygen atoms in total. The van der Waals surface area contributed by atoms with Gasteiger partial charge in [-0.25, -0.2) is 9.97 Å². The highest BCUT2D eigenvalue weighted by atomic mass is 32.1. The van der Waals surface area contributed by atoms with Crippen molar-refractivity contribution in [2.45, 2.75) is 18.9 Å². The Balaban J connectivity index is 1.96. The first-order valence-corrected chi connectivity index (χ1v) is 9.33. The number of hydrogen-bond donors (Lipinski definition) is 3. The minimum absolute atomic E-state index is 0.101. The Morgan fingerprint density at radius 3 is 2.65 bits per heavy atom. The lowest BCUT2D eigenvalue weighted by Crippen LogP contribution is -2.37. The third kappa shape index (κ3) is 2.90. The number of rotatable bonds is 5. The molecule has 4 rings (SSSR count). The number of nitrogens with one attached hydrogen (secondary N) is 1. The highest BCUT2D eigenvalue weighted by Gasteiger charge is 2.26. The van der Waals surface area contributed by atoms with Gasteiger partial charge in [-0.3, -0.25) is 5.10 Å². The van der Waals surface area contributed by atoms with Crippen LogP contribution in [0.3, 0.4) is 0 Å². The molecule has 1 aromatic carbocycles. The van der Waals surface area contributed by atoms with Gasteiger partial charge in [0.2, 0.25) is 0 Å². The van der Waals surface area contributed by atoms with E-state index in [2.05, 4.69) is 22.3 Å². The molecule has 3 heterocycles. The van der Waals surface area contributed by atoms with Crippen LogP contribution in [0.1, 0.15) is 22.9 Å². The van der Waals surface area contributed by atoms with Crippen LogP contribution in [0.15, 0.2) is 48.0 Å². The molecule has 0 aliphatic carbocycles. The second-order valence-electron chi connectivity index (χ2n) is 6.26. The molecule has 0 fully saturated rings. The topological polar surface area (TPSA) is 106 Å². The number of nitrogens with two attached hydrogens (primary N) is 2. The van der Waals surface area contributed by atoms with E-state index in [1.54, 1.807) is 17.5 Å². The molecule has 0 aliphatic rings. The van der Waals surface area contributed by atoms with Crippen molar-refractivity contribution in [2.24, 2.45) is 11.5 Å². The predicted molar refractivity (Wildman–Crippen MR) is 105 cm³/mol. The maximum absolute atomic E-state index is 6.44. The van der Waals surface area contributed by atoms with Crippen LogP contribution < -0.4 is 11.5 Å². The Morgan fingerprint density at radius 2 is 1.96 bits per heavy atom. The number of aryl methyl sites for hydroxylation is 1. The van der Waals surface area contributed by atoms with Gasteiger partial charge in [0, 0.05) is 24.2 Å². The standard InChI is InChI=1S/C19H20N6S/c1-11-13(10-22-25-11)19-23-15-7-8-26-18(15)17(24-19)16(14(21)9-20)12-5-3-2-4-6-12/h2-8,10,14,16H,9,20-21H2,1H3,(H,22,25)/t14?,16-/m0/s1. The van der Waals surface area contributed by atoms with Gasteiger partial charge < -0.3 is 11.5 Å². The Bertz CT molecular complexity index is 1020.